The van der Waals surface area contributed by atoms with Gasteiger partial charge in [-0.1, -0.05) is 176 Å². The van der Waals surface area contributed by atoms with E-state index in [1.54, 1.807) is 0 Å². The van der Waals surface area contributed by atoms with Crippen molar-refractivity contribution < 1.29 is 0 Å². The van der Waals surface area contributed by atoms with Crippen LogP contribution in [0.5, 0.6) is 0 Å². The molecule has 0 N–H and O–H groups in total. The second-order valence-electron chi connectivity index (χ2n) is 15.0. The van der Waals surface area contributed by atoms with Crippen molar-refractivity contribution in [3.8, 4) is 67.3 Å². The summed E-state index contributed by atoms with van der Waals surface area (Å²) < 4.78 is 2.60. The van der Waals surface area contributed by atoms with Gasteiger partial charge < -0.3 is 0 Å². The smallest absolute Gasteiger partial charge is 0.160 e. The number of aromatic nitrogens is 2. The quantitative estimate of drug-likeness (QED) is 0.169. The molecule has 0 spiro atoms. The van der Waals surface area contributed by atoms with Crippen LogP contribution in [0.15, 0.2) is 200 Å². The monoisotopic (exact) mass is 744 g/mol. The van der Waals surface area contributed by atoms with Gasteiger partial charge in [0, 0.05) is 42.3 Å². The molecule has 0 fully saturated rings. The maximum atomic E-state index is 5.36. The second kappa shape index (κ2) is 13.4. The highest BCUT2D eigenvalue weighted by Gasteiger charge is 2.41. The molecule has 1 unspecified atom stereocenters. The highest BCUT2D eigenvalue weighted by molar-refractivity contribution is 7.25. The Hall–Kier alpha value is -6.94. The van der Waals surface area contributed by atoms with E-state index < -0.39 is 0 Å². The van der Waals surface area contributed by atoms with Crippen LogP contribution in [0.1, 0.15) is 23.6 Å². The molecule has 0 amide bonds. The van der Waals surface area contributed by atoms with Gasteiger partial charge in [0.1, 0.15) is 0 Å². The number of rotatable bonds is 6. The Bertz CT molecular complexity index is 3140. The average molecular weight is 745 g/mol. The summed E-state index contributed by atoms with van der Waals surface area (Å²) in [5.74, 6) is 0.701. The third-order valence-corrected chi connectivity index (χ3v) is 13.0. The van der Waals surface area contributed by atoms with E-state index in [4.69, 9.17) is 9.97 Å². The third-order valence-electron chi connectivity index (χ3n) is 11.8. The molecule has 57 heavy (non-hydrogen) atoms. The van der Waals surface area contributed by atoms with E-state index >= 15 is 0 Å². The van der Waals surface area contributed by atoms with E-state index in [1.807, 2.05) is 17.4 Å². The molecule has 2 aromatic heterocycles. The van der Waals surface area contributed by atoms with Gasteiger partial charge in [0.2, 0.25) is 0 Å². The van der Waals surface area contributed by atoms with Gasteiger partial charge in [-0.2, -0.15) is 0 Å². The van der Waals surface area contributed by atoms with Crippen molar-refractivity contribution in [3.05, 3.63) is 217 Å². The van der Waals surface area contributed by atoms with Crippen molar-refractivity contribution in [3.63, 3.8) is 0 Å². The molecule has 0 bridgehead atoms. The van der Waals surface area contributed by atoms with Crippen LogP contribution >= 0.6 is 11.3 Å². The molecule has 0 saturated carbocycles. The lowest BCUT2D eigenvalue weighted by atomic mass is 9.74. The number of nitrogens with zero attached hydrogens (tertiary/aromatic N) is 2. The van der Waals surface area contributed by atoms with Gasteiger partial charge >= 0.3 is 0 Å². The molecular weight excluding hydrogens is 709 g/mol. The zero-order valence-electron chi connectivity index (χ0n) is 31.4. The maximum Gasteiger partial charge on any atom is 0.160 e. The first-order chi connectivity index (χ1) is 28.1. The summed E-state index contributed by atoms with van der Waals surface area (Å²) in [7, 11) is 0. The summed E-state index contributed by atoms with van der Waals surface area (Å²) >= 11 is 1.85. The Morgan fingerprint density at radius 1 is 0.386 bits per heavy atom. The molecular formula is C54H36N2S. The van der Waals surface area contributed by atoms with Crippen LogP contribution in [-0.2, 0) is 5.41 Å². The average Bonchev–Trinajstić information content (AvgIpc) is 3.79. The zero-order chi connectivity index (χ0) is 37.9. The number of hydrogen-bond donors (Lipinski definition) is 0. The van der Waals surface area contributed by atoms with Crippen LogP contribution < -0.4 is 0 Å². The Kier molecular flexibility index (Phi) is 7.84. The van der Waals surface area contributed by atoms with Crippen molar-refractivity contribution in [1.82, 2.24) is 9.97 Å². The topological polar surface area (TPSA) is 25.8 Å². The predicted molar refractivity (Wildman–Crippen MR) is 240 cm³/mol. The van der Waals surface area contributed by atoms with Crippen LogP contribution in [-0.4, -0.2) is 9.97 Å². The van der Waals surface area contributed by atoms with E-state index in [9.17, 15) is 0 Å². The third kappa shape index (κ3) is 5.38. The van der Waals surface area contributed by atoms with Crippen molar-refractivity contribution in [2.75, 3.05) is 0 Å². The van der Waals surface area contributed by atoms with Crippen LogP contribution in [0.2, 0.25) is 0 Å². The maximum absolute atomic E-state index is 5.36. The standard InChI is InChI=1S/C54H36N2S/c1-54(37-19-6-3-7-20-37)46-28-14-12-26-44(46)52-43(27-16-29-47(52)54)39-22-9-11-24-41(39)49-34-48(55-53(56-49)35-17-4-2-5-18-35)40-23-10-8-21-38(40)36-31-32-51-45(33-36)42-25-13-15-30-50(42)57-51/h2-34H,1H3. The van der Waals surface area contributed by atoms with Gasteiger partial charge in [0.05, 0.1) is 11.4 Å². The van der Waals surface area contributed by atoms with Crippen LogP contribution in [0.4, 0.5) is 0 Å². The minimum atomic E-state index is -0.289. The van der Waals surface area contributed by atoms with Gasteiger partial charge in [-0.15, -0.1) is 11.3 Å². The summed E-state index contributed by atoms with van der Waals surface area (Å²) in [5, 5.41) is 2.58. The minimum Gasteiger partial charge on any atom is -0.228 e. The zero-order valence-corrected chi connectivity index (χ0v) is 32.2. The molecule has 1 atom stereocenters. The van der Waals surface area contributed by atoms with Crippen molar-refractivity contribution in [2.24, 2.45) is 0 Å². The fourth-order valence-electron chi connectivity index (χ4n) is 9.08. The fraction of sp³-hybridized carbons (Fsp3) is 0.0370. The van der Waals surface area contributed by atoms with E-state index in [-0.39, 0.29) is 5.41 Å². The van der Waals surface area contributed by atoms with E-state index in [0.717, 1.165) is 39.2 Å². The molecule has 2 heterocycles. The molecule has 268 valence electrons. The van der Waals surface area contributed by atoms with Gasteiger partial charge in [0.25, 0.3) is 0 Å². The Labute approximate surface area is 336 Å². The van der Waals surface area contributed by atoms with Crippen LogP contribution in [0.25, 0.3) is 87.5 Å². The molecule has 0 radical (unpaired) electrons. The first-order valence-corrected chi connectivity index (χ1v) is 20.3. The normalized spacial score (nSPS) is 14.5. The fourth-order valence-corrected chi connectivity index (χ4v) is 10.2. The van der Waals surface area contributed by atoms with E-state index in [1.165, 1.54) is 59.1 Å². The predicted octanol–water partition coefficient (Wildman–Crippen LogP) is 14.5. The van der Waals surface area contributed by atoms with Gasteiger partial charge in [0.15, 0.2) is 5.82 Å². The summed E-state index contributed by atoms with van der Waals surface area (Å²) in [6, 6.07) is 72.2. The summed E-state index contributed by atoms with van der Waals surface area (Å²) in [5.41, 5.74) is 15.8. The molecule has 3 heteroatoms. The summed E-state index contributed by atoms with van der Waals surface area (Å²) in [6.45, 7) is 2.38. The first kappa shape index (κ1) is 33.4. The lowest BCUT2D eigenvalue weighted by Crippen LogP contribution is -2.22. The van der Waals surface area contributed by atoms with E-state index in [0.29, 0.717) is 5.82 Å². The first-order valence-electron chi connectivity index (χ1n) is 19.5. The number of thiophene rings is 1. The number of fused-ring (bicyclic) bond motifs is 6. The molecule has 1 aliphatic rings. The molecule has 11 rings (SSSR count). The van der Waals surface area contributed by atoms with Crippen molar-refractivity contribution in [1.29, 1.82) is 0 Å². The van der Waals surface area contributed by atoms with Crippen LogP contribution in [0.3, 0.4) is 0 Å². The SMILES string of the molecule is CC1(c2ccccc2)c2ccccc2-c2c(-c3ccccc3-c3cc(-c4ccccc4-c4ccc5sc6ccccc6c5c4)nc(-c4ccccc4)n3)cccc21. The van der Waals surface area contributed by atoms with Crippen molar-refractivity contribution >= 4 is 31.5 Å². The highest BCUT2D eigenvalue weighted by Crippen LogP contribution is 2.55. The molecule has 8 aromatic carbocycles. The van der Waals surface area contributed by atoms with Gasteiger partial charge in [-0.3, -0.25) is 0 Å². The molecule has 0 saturated heterocycles. The second-order valence-corrected chi connectivity index (χ2v) is 16.1. The molecule has 2 nitrogen and oxygen atoms in total. The lowest BCUT2D eigenvalue weighted by Gasteiger charge is -2.28. The molecule has 0 aliphatic heterocycles. The number of benzene rings is 8. The van der Waals surface area contributed by atoms with Crippen molar-refractivity contribution in [2.45, 2.75) is 12.3 Å². The lowest BCUT2D eigenvalue weighted by molar-refractivity contribution is 0.714. The molecule has 1 aliphatic carbocycles. The summed E-state index contributed by atoms with van der Waals surface area (Å²) in [4.78, 5) is 10.7. The van der Waals surface area contributed by atoms with Gasteiger partial charge in [-0.25, -0.2) is 9.97 Å². The number of hydrogen-bond acceptors (Lipinski definition) is 3. The Balaban J connectivity index is 1.12. The molecule has 10 aromatic rings. The summed E-state index contributed by atoms with van der Waals surface area (Å²) in [6.07, 6.45) is 0. The minimum absolute atomic E-state index is 0.289. The highest BCUT2D eigenvalue weighted by atomic mass is 32.1. The Morgan fingerprint density at radius 3 is 1.72 bits per heavy atom. The largest absolute Gasteiger partial charge is 0.228 e. The van der Waals surface area contributed by atoms with Crippen LogP contribution in [0, 0.1) is 0 Å². The Morgan fingerprint density at radius 2 is 0.947 bits per heavy atom. The van der Waals surface area contributed by atoms with E-state index in [2.05, 4.69) is 201 Å². The van der Waals surface area contributed by atoms with Gasteiger partial charge in [-0.05, 0) is 81.3 Å².